The Hall–Kier alpha value is -5.40. The Kier molecular flexibility index (Phi) is 17.8. The smallest absolute Gasteiger partial charge is 0.245 e. The molecule has 0 heterocycles. The molecule has 0 aromatic heterocycles. The molecule has 0 saturated heterocycles. The number of hydrogen-bond acceptors (Lipinski definition) is 7. The molecule has 0 aliphatic carbocycles. The van der Waals surface area contributed by atoms with Crippen LogP contribution in [0.25, 0.3) is 0 Å². The summed E-state index contributed by atoms with van der Waals surface area (Å²) in [5.74, 6) is 2.84. The van der Waals surface area contributed by atoms with Gasteiger partial charge in [0, 0.05) is 24.0 Å². The summed E-state index contributed by atoms with van der Waals surface area (Å²) in [5.41, 5.74) is 10.3. The highest BCUT2D eigenvalue weighted by Crippen LogP contribution is 2.16. The van der Waals surface area contributed by atoms with E-state index in [0.29, 0.717) is 32.5 Å². The standard InChI is InChI=1S/C42H58N12/c1-35(43)51(39-19-9-5-10-20-39)31-45-27-17-29-47-33-53(41-23-13-7-14-24-41)37(3)49-50-38(4)54(42-25-15-8-16-26-42)34-48-30-18-28-46-32-52(36(2)44)40-21-11-6-12-22-40/h5-16,19-26,43-48H,17-18,27-34H2,1-4H3/p+1/b43-35?,49-37?,50-38-. The molecule has 0 aliphatic rings. The van der Waals surface area contributed by atoms with E-state index in [9.17, 15) is 0 Å². The maximum absolute atomic E-state index is 8.17. The number of amidine groups is 4. The molecule has 4 aromatic carbocycles. The van der Waals surface area contributed by atoms with E-state index in [1.54, 1.807) is 0 Å². The molecule has 12 nitrogen and oxygen atoms in total. The molecule has 0 radical (unpaired) electrons. The highest BCUT2D eigenvalue weighted by atomic mass is 15.4. The van der Waals surface area contributed by atoms with E-state index < -0.39 is 0 Å². The van der Waals surface area contributed by atoms with Crippen molar-refractivity contribution in [1.82, 2.24) is 21.3 Å². The minimum absolute atomic E-state index is 0.508. The van der Waals surface area contributed by atoms with E-state index in [0.717, 1.165) is 79.3 Å². The zero-order chi connectivity index (χ0) is 38.4. The second-order valence-corrected chi connectivity index (χ2v) is 12.9. The van der Waals surface area contributed by atoms with Gasteiger partial charge in [0.25, 0.3) is 0 Å². The van der Waals surface area contributed by atoms with Crippen LogP contribution in [-0.2, 0) is 0 Å². The van der Waals surface area contributed by atoms with Gasteiger partial charge in [-0.3, -0.25) is 32.4 Å². The van der Waals surface area contributed by atoms with Crippen molar-refractivity contribution in [2.45, 2.75) is 40.5 Å². The quantitative estimate of drug-likeness (QED) is 0.0155. The van der Waals surface area contributed by atoms with Crippen molar-refractivity contribution in [3.05, 3.63) is 121 Å². The van der Waals surface area contributed by atoms with Crippen molar-refractivity contribution in [2.24, 2.45) is 15.9 Å². The molecule has 0 amide bonds. The lowest BCUT2D eigenvalue weighted by molar-refractivity contribution is -0.448. The van der Waals surface area contributed by atoms with Gasteiger partial charge in [-0.25, -0.2) is 4.58 Å². The van der Waals surface area contributed by atoms with Gasteiger partial charge in [-0.05, 0) is 108 Å². The van der Waals surface area contributed by atoms with Crippen LogP contribution in [0.5, 0.6) is 0 Å². The fourth-order valence-corrected chi connectivity index (χ4v) is 5.73. The monoisotopic (exact) mass is 731 g/mol. The number of nitrogens with one attached hydrogen (secondary N) is 5. The average Bonchev–Trinajstić information content (AvgIpc) is 3.19. The second-order valence-electron chi connectivity index (χ2n) is 12.9. The van der Waals surface area contributed by atoms with Crippen LogP contribution in [0, 0.1) is 5.41 Å². The van der Waals surface area contributed by atoms with E-state index >= 15 is 0 Å². The van der Waals surface area contributed by atoms with E-state index in [2.05, 4.69) is 72.0 Å². The SMILES string of the molecule is CC(=N)N(CNCCCNCN(C(C)=N/N=C(/C)N(CNCCCNC[N+](=C(C)N)c1ccccc1)c1ccccc1)c1ccccc1)c1ccccc1. The van der Waals surface area contributed by atoms with Crippen LogP contribution in [0.4, 0.5) is 22.7 Å². The van der Waals surface area contributed by atoms with Crippen LogP contribution < -0.4 is 41.7 Å². The largest absolute Gasteiger partial charge is 0.317 e. The van der Waals surface area contributed by atoms with E-state index in [1.165, 1.54) is 0 Å². The van der Waals surface area contributed by atoms with Crippen molar-refractivity contribution < 1.29 is 4.58 Å². The van der Waals surface area contributed by atoms with Gasteiger partial charge < -0.3 is 14.7 Å². The Balaban J connectivity index is 1.29. The molecule has 0 aliphatic heterocycles. The minimum Gasteiger partial charge on any atom is -0.317 e. The molecule has 0 spiro atoms. The van der Waals surface area contributed by atoms with Crippen molar-refractivity contribution in [3.8, 4) is 0 Å². The summed E-state index contributed by atoms with van der Waals surface area (Å²) >= 11 is 0. The average molecular weight is 732 g/mol. The lowest BCUT2D eigenvalue weighted by Gasteiger charge is -2.26. The van der Waals surface area contributed by atoms with Gasteiger partial charge in [-0.2, -0.15) is 0 Å². The maximum Gasteiger partial charge on any atom is 0.245 e. The molecule has 12 heteroatoms. The number of anilines is 3. The zero-order valence-corrected chi connectivity index (χ0v) is 32.4. The first kappa shape index (κ1) is 41.4. The Labute approximate surface area is 322 Å². The summed E-state index contributed by atoms with van der Waals surface area (Å²) in [4.78, 5) is 6.25. The first-order valence-corrected chi connectivity index (χ1v) is 18.7. The fourth-order valence-electron chi connectivity index (χ4n) is 5.73. The molecule has 7 N–H and O–H groups in total. The summed E-state index contributed by atoms with van der Waals surface area (Å²) < 4.78 is 2.07. The topological polar surface area (TPSA) is 135 Å². The number of nitrogens with two attached hydrogens (primary N) is 1. The van der Waals surface area contributed by atoms with Crippen LogP contribution in [0.3, 0.4) is 0 Å². The Morgan fingerprint density at radius 2 is 0.889 bits per heavy atom. The van der Waals surface area contributed by atoms with Crippen LogP contribution in [0.15, 0.2) is 132 Å². The normalized spacial score (nSPS) is 12.3. The summed E-state index contributed by atoms with van der Waals surface area (Å²) in [7, 11) is 0. The molecule has 4 aromatic rings. The van der Waals surface area contributed by atoms with Crippen LogP contribution >= 0.6 is 0 Å². The number of rotatable bonds is 21. The van der Waals surface area contributed by atoms with E-state index in [1.807, 2.05) is 118 Å². The van der Waals surface area contributed by atoms with E-state index in [4.69, 9.17) is 21.3 Å². The Morgan fingerprint density at radius 1 is 0.537 bits per heavy atom. The van der Waals surface area contributed by atoms with Gasteiger partial charge in [-0.15, -0.1) is 10.2 Å². The molecule has 0 unspecified atom stereocenters. The molecule has 0 fully saturated rings. The third-order valence-electron chi connectivity index (χ3n) is 8.72. The fraction of sp³-hybridized carbons (Fsp3) is 0.333. The number of nitrogens with zero attached hydrogens (tertiary/aromatic N) is 6. The summed E-state index contributed by atoms with van der Waals surface area (Å²) in [6.45, 7) is 13.5. The lowest BCUT2D eigenvalue weighted by atomic mass is 10.3. The molecule has 0 bridgehead atoms. The molecule has 4 rings (SSSR count). The van der Waals surface area contributed by atoms with Crippen LogP contribution in [0.2, 0.25) is 0 Å². The second kappa shape index (κ2) is 23.3. The van der Waals surface area contributed by atoms with Gasteiger partial charge in [0.2, 0.25) is 5.84 Å². The maximum atomic E-state index is 8.17. The minimum atomic E-state index is 0.508. The molecular weight excluding hydrogens is 673 g/mol. The number of para-hydroxylation sites is 4. The summed E-state index contributed by atoms with van der Waals surface area (Å²) in [5, 5.41) is 31.8. The third kappa shape index (κ3) is 13.9. The first-order valence-electron chi connectivity index (χ1n) is 18.7. The molecule has 54 heavy (non-hydrogen) atoms. The summed E-state index contributed by atoms with van der Waals surface area (Å²) in [6, 6.07) is 40.7. The number of hydrogen-bond donors (Lipinski definition) is 6. The highest BCUT2D eigenvalue weighted by Gasteiger charge is 2.13. The van der Waals surface area contributed by atoms with Gasteiger partial charge >= 0.3 is 0 Å². The summed E-state index contributed by atoms with van der Waals surface area (Å²) in [6.07, 6.45) is 1.88. The van der Waals surface area contributed by atoms with Crippen molar-refractivity contribution in [3.63, 3.8) is 0 Å². The molecule has 0 saturated carbocycles. The van der Waals surface area contributed by atoms with Gasteiger partial charge in [-0.1, -0.05) is 72.8 Å². The molecule has 0 atom stereocenters. The number of benzene rings is 4. The van der Waals surface area contributed by atoms with Crippen LogP contribution in [0.1, 0.15) is 40.5 Å². The zero-order valence-electron chi connectivity index (χ0n) is 32.4. The van der Waals surface area contributed by atoms with E-state index in [-0.39, 0.29) is 0 Å². The Bertz CT molecular complexity index is 1740. The third-order valence-corrected chi connectivity index (χ3v) is 8.72. The Morgan fingerprint density at radius 3 is 1.28 bits per heavy atom. The predicted molar refractivity (Wildman–Crippen MR) is 228 cm³/mol. The first-order chi connectivity index (χ1) is 26.3. The predicted octanol–water partition coefficient (Wildman–Crippen LogP) is 5.95. The van der Waals surface area contributed by atoms with Gasteiger partial charge in [0.15, 0.2) is 0 Å². The molecular formula is C42H59N12+. The molecule has 286 valence electrons. The highest BCUT2D eigenvalue weighted by molar-refractivity contribution is 5.99. The van der Waals surface area contributed by atoms with Gasteiger partial charge in [0.05, 0.1) is 25.8 Å². The van der Waals surface area contributed by atoms with Gasteiger partial charge in [0.1, 0.15) is 24.0 Å². The van der Waals surface area contributed by atoms with Crippen molar-refractivity contribution in [2.75, 3.05) is 67.6 Å². The van der Waals surface area contributed by atoms with Crippen molar-refractivity contribution >= 4 is 46.1 Å². The lowest BCUT2D eigenvalue weighted by Crippen LogP contribution is -2.40. The van der Waals surface area contributed by atoms with Crippen LogP contribution in [-0.4, -0.2) is 80.8 Å². The van der Waals surface area contributed by atoms with Crippen molar-refractivity contribution in [1.29, 1.82) is 5.41 Å².